The van der Waals surface area contributed by atoms with Crippen molar-refractivity contribution in [3.05, 3.63) is 95.6 Å². The molecule has 1 unspecified atom stereocenters. The highest BCUT2D eigenvalue weighted by atomic mass is 16.5. The molecule has 5 rings (SSSR count). The van der Waals surface area contributed by atoms with Crippen molar-refractivity contribution in [1.29, 1.82) is 5.26 Å². The van der Waals surface area contributed by atoms with E-state index in [-0.39, 0.29) is 10.8 Å². The number of aromatic nitrogens is 1. The lowest BCUT2D eigenvalue weighted by Gasteiger charge is -2.24. The van der Waals surface area contributed by atoms with Crippen LogP contribution in [0.4, 0.5) is 0 Å². The predicted octanol–water partition coefficient (Wildman–Crippen LogP) is 8.63. The minimum Gasteiger partial charge on any atom is -0.359 e. The van der Waals surface area contributed by atoms with Gasteiger partial charge in [-0.15, -0.1) is 0 Å². The van der Waals surface area contributed by atoms with Crippen molar-refractivity contribution in [2.75, 3.05) is 7.11 Å². The molecule has 0 aliphatic heterocycles. The summed E-state index contributed by atoms with van der Waals surface area (Å²) < 4.78 is 7.91. The van der Waals surface area contributed by atoms with E-state index in [1.165, 1.54) is 32.9 Å². The van der Waals surface area contributed by atoms with Crippen molar-refractivity contribution in [2.24, 2.45) is 0 Å². The third kappa shape index (κ3) is 4.30. The number of hydrogen-bond donors (Lipinski definition) is 0. The molecule has 3 heteroatoms. The molecule has 0 N–H and O–H groups in total. The van der Waals surface area contributed by atoms with Gasteiger partial charge in [-0.2, -0.15) is 5.26 Å². The average Bonchev–Trinajstić information content (AvgIpc) is 3.21. The third-order valence-corrected chi connectivity index (χ3v) is 7.66. The van der Waals surface area contributed by atoms with E-state index in [2.05, 4.69) is 119 Å². The van der Waals surface area contributed by atoms with E-state index in [4.69, 9.17) is 4.74 Å². The van der Waals surface area contributed by atoms with Gasteiger partial charge in [0, 0.05) is 29.9 Å². The second-order valence-corrected chi connectivity index (χ2v) is 12.2. The lowest BCUT2D eigenvalue weighted by atomic mass is 9.85. The molecule has 1 aromatic heterocycles. The number of methoxy groups -OCH3 is 1. The summed E-state index contributed by atoms with van der Waals surface area (Å²) >= 11 is 0. The summed E-state index contributed by atoms with van der Waals surface area (Å²) in [5.41, 5.74) is 7.67. The van der Waals surface area contributed by atoms with Crippen molar-refractivity contribution in [3.8, 4) is 11.8 Å². The maximum absolute atomic E-state index is 9.64. The van der Waals surface area contributed by atoms with Gasteiger partial charge in [-0.1, -0.05) is 84.0 Å². The van der Waals surface area contributed by atoms with E-state index in [1.807, 2.05) is 12.2 Å². The molecule has 0 saturated heterocycles. The van der Waals surface area contributed by atoms with Crippen LogP contribution in [0.3, 0.4) is 0 Å². The molecular formula is C34H36N2O. The number of allylic oxidation sites excluding steroid dienone is 2. The molecule has 188 valence electrons. The summed E-state index contributed by atoms with van der Waals surface area (Å²) in [6, 6.07) is 24.7. The zero-order valence-electron chi connectivity index (χ0n) is 23.0. The summed E-state index contributed by atoms with van der Waals surface area (Å²) in [5.74, 6) is 0. The highest BCUT2D eigenvalue weighted by molar-refractivity contribution is 6.10. The number of para-hydroxylation sites is 1. The lowest BCUT2D eigenvalue weighted by molar-refractivity contribution is 0.0827. The predicted molar refractivity (Wildman–Crippen MR) is 155 cm³/mol. The Labute approximate surface area is 220 Å². The molecule has 4 aromatic rings. The fourth-order valence-electron chi connectivity index (χ4n) is 5.23. The number of hydrogen-bond acceptors (Lipinski definition) is 2. The number of benzene rings is 3. The number of fused-ring (bicyclic) bond motifs is 3. The van der Waals surface area contributed by atoms with Gasteiger partial charge in [0.25, 0.3) is 0 Å². The molecular weight excluding hydrogens is 452 g/mol. The number of ether oxygens (including phenoxy) is 1. The van der Waals surface area contributed by atoms with Gasteiger partial charge in [0.1, 0.15) is 6.07 Å². The first-order chi connectivity index (χ1) is 17.5. The Kier molecular flexibility index (Phi) is 5.93. The van der Waals surface area contributed by atoms with E-state index < -0.39 is 5.60 Å². The van der Waals surface area contributed by atoms with E-state index in [0.29, 0.717) is 6.42 Å². The maximum Gasteiger partial charge on any atom is 0.176 e. The second-order valence-electron chi connectivity index (χ2n) is 12.2. The minimum atomic E-state index is -0.891. The van der Waals surface area contributed by atoms with Gasteiger partial charge in [0.2, 0.25) is 0 Å². The van der Waals surface area contributed by atoms with E-state index in [0.717, 1.165) is 16.8 Å². The van der Waals surface area contributed by atoms with Crippen LogP contribution in [-0.4, -0.2) is 17.3 Å². The van der Waals surface area contributed by atoms with E-state index in [9.17, 15) is 5.26 Å². The van der Waals surface area contributed by atoms with E-state index >= 15 is 0 Å². The molecule has 0 saturated carbocycles. The maximum atomic E-state index is 9.64. The Morgan fingerprint density at radius 1 is 0.838 bits per heavy atom. The highest BCUT2D eigenvalue weighted by Crippen LogP contribution is 2.40. The van der Waals surface area contributed by atoms with Gasteiger partial charge in [0.05, 0.1) is 16.7 Å². The van der Waals surface area contributed by atoms with E-state index in [1.54, 1.807) is 7.11 Å². The molecule has 0 radical (unpaired) electrons. The van der Waals surface area contributed by atoms with Crippen molar-refractivity contribution >= 4 is 27.4 Å². The number of nitrogens with zero attached hydrogens (tertiary/aromatic N) is 2. The van der Waals surface area contributed by atoms with Crippen LogP contribution in [-0.2, 0) is 15.6 Å². The molecule has 0 spiro atoms. The highest BCUT2D eigenvalue weighted by Gasteiger charge is 2.28. The van der Waals surface area contributed by atoms with Gasteiger partial charge in [-0.25, -0.2) is 0 Å². The van der Waals surface area contributed by atoms with Crippen LogP contribution in [0.5, 0.6) is 0 Å². The summed E-state index contributed by atoms with van der Waals surface area (Å²) in [5, 5.41) is 12.2. The number of nitriles is 1. The van der Waals surface area contributed by atoms with Crippen molar-refractivity contribution in [1.82, 2.24) is 4.57 Å². The van der Waals surface area contributed by atoms with Crippen LogP contribution in [0, 0.1) is 11.3 Å². The molecule has 0 amide bonds. The Morgan fingerprint density at radius 3 is 1.86 bits per heavy atom. The molecule has 1 aliphatic carbocycles. The third-order valence-electron chi connectivity index (χ3n) is 7.66. The van der Waals surface area contributed by atoms with Gasteiger partial charge >= 0.3 is 0 Å². The quantitative estimate of drug-likeness (QED) is 0.289. The van der Waals surface area contributed by atoms with Crippen LogP contribution >= 0.6 is 0 Å². The Hall–Kier alpha value is -3.61. The molecule has 3 nitrogen and oxygen atoms in total. The van der Waals surface area contributed by atoms with Crippen LogP contribution in [0.2, 0.25) is 0 Å². The largest absolute Gasteiger partial charge is 0.359 e. The molecule has 0 fully saturated rings. The topological polar surface area (TPSA) is 37.9 Å². The lowest BCUT2D eigenvalue weighted by Crippen LogP contribution is -2.27. The minimum absolute atomic E-state index is 0.0639. The van der Waals surface area contributed by atoms with Gasteiger partial charge < -0.3 is 9.30 Å². The summed E-state index contributed by atoms with van der Waals surface area (Å²) in [6.45, 7) is 13.6. The first-order valence-electron chi connectivity index (χ1n) is 13.0. The van der Waals surface area contributed by atoms with Crippen LogP contribution in [0.1, 0.15) is 64.7 Å². The normalized spacial score (nSPS) is 18.3. The summed E-state index contributed by atoms with van der Waals surface area (Å²) in [4.78, 5) is 0. The van der Waals surface area contributed by atoms with Crippen LogP contribution in [0.15, 0.2) is 78.9 Å². The monoisotopic (exact) mass is 488 g/mol. The second kappa shape index (κ2) is 8.75. The first-order valence-corrected chi connectivity index (χ1v) is 13.0. The first kappa shape index (κ1) is 25.1. The molecule has 1 aliphatic rings. The van der Waals surface area contributed by atoms with Crippen molar-refractivity contribution in [3.63, 3.8) is 0 Å². The zero-order chi connectivity index (χ0) is 26.6. The summed E-state index contributed by atoms with van der Waals surface area (Å²) in [7, 11) is 1.59. The Morgan fingerprint density at radius 2 is 1.41 bits per heavy atom. The van der Waals surface area contributed by atoms with Crippen LogP contribution in [0.25, 0.3) is 33.1 Å². The smallest absolute Gasteiger partial charge is 0.176 e. The molecule has 37 heavy (non-hydrogen) atoms. The molecule has 0 bridgehead atoms. The van der Waals surface area contributed by atoms with Gasteiger partial charge in [-0.3, -0.25) is 0 Å². The number of rotatable bonds is 3. The average molecular weight is 489 g/mol. The zero-order valence-corrected chi connectivity index (χ0v) is 23.0. The molecule has 1 atom stereocenters. The van der Waals surface area contributed by atoms with Gasteiger partial charge in [-0.05, 0) is 63.9 Å². The van der Waals surface area contributed by atoms with Gasteiger partial charge in [0.15, 0.2) is 5.60 Å². The van der Waals surface area contributed by atoms with Crippen LogP contribution < -0.4 is 0 Å². The molecule has 1 heterocycles. The van der Waals surface area contributed by atoms with Crippen molar-refractivity contribution < 1.29 is 4.74 Å². The SMILES string of the molecule is COC1(C#N)C=CC(c2ccccc2-n2c3ccc(C(C)(C)C)cc3c3cc(C(C)(C)C)ccc32)=CC1. The molecule has 3 aromatic carbocycles. The fourth-order valence-corrected chi connectivity index (χ4v) is 5.23. The summed E-state index contributed by atoms with van der Waals surface area (Å²) in [6.07, 6.45) is 6.56. The Bertz CT molecular complexity index is 1540. The standard InChI is InChI=1S/C34H36N2O/c1-32(2,3)24-12-14-30-27(20-24)28-21-25(33(4,5)6)13-15-31(28)36(30)29-11-9-8-10-26(29)23-16-18-34(22-35,37-7)19-17-23/h8-18,20-21H,19H2,1-7H3. The van der Waals surface area contributed by atoms with Crippen molar-refractivity contribution in [2.45, 2.75) is 64.4 Å². The fraction of sp³-hybridized carbons (Fsp3) is 0.324. The Balaban J connectivity index is 1.79.